The van der Waals surface area contributed by atoms with Gasteiger partial charge in [-0.05, 0) is 63.4 Å². The van der Waals surface area contributed by atoms with E-state index in [0.29, 0.717) is 18.7 Å². The van der Waals surface area contributed by atoms with Crippen molar-refractivity contribution in [2.45, 2.75) is 40.2 Å². The number of carbonyl (C=O) groups is 1. The van der Waals surface area contributed by atoms with Gasteiger partial charge in [-0.2, -0.15) is 0 Å². The number of aromatic nitrogens is 1. The van der Waals surface area contributed by atoms with Gasteiger partial charge in [-0.15, -0.1) is 0 Å². The summed E-state index contributed by atoms with van der Waals surface area (Å²) in [6.45, 7) is 9.43. The molecule has 146 valence electrons. The molecule has 0 saturated heterocycles. The van der Waals surface area contributed by atoms with Crippen LogP contribution in [-0.4, -0.2) is 30.1 Å². The summed E-state index contributed by atoms with van der Waals surface area (Å²) in [6, 6.07) is 16.0. The molecule has 4 heteroatoms. The Morgan fingerprint density at radius 1 is 1.07 bits per heavy atom. The van der Waals surface area contributed by atoms with Crippen LogP contribution in [0.25, 0.3) is 22.2 Å². The number of amides is 1. The first-order valence-electron chi connectivity index (χ1n) is 9.83. The van der Waals surface area contributed by atoms with E-state index < -0.39 is 0 Å². The van der Waals surface area contributed by atoms with Crippen molar-refractivity contribution in [1.82, 2.24) is 10.3 Å². The average Bonchev–Trinajstić information content (AvgIpc) is 2.68. The van der Waals surface area contributed by atoms with Gasteiger partial charge in [-0.25, -0.2) is 4.98 Å². The fourth-order valence-electron chi connectivity index (χ4n) is 3.10. The second-order valence-electron chi connectivity index (χ2n) is 7.40. The van der Waals surface area contributed by atoms with Crippen LogP contribution in [0.2, 0.25) is 0 Å². The first-order valence-corrected chi connectivity index (χ1v) is 9.83. The maximum absolute atomic E-state index is 12.9. The molecule has 0 saturated carbocycles. The van der Waals surface area contributed by atoms with Crippen molar-refractivity contribution in [3.05, 3.63) is 65.2 Å². The van der Waals surface area contributed by atoms with Gasteiger partial charge in [0.05, 0.1) is 22.9 Å². The molecule has 1 heterocycles. The number of para-hydroxylation sites is 1. The highest BCUT2D eigenvalue weighted by Gasteiger charge is 2.14. The molecule has 0 aliphatic heterocycles. The van der Waals surface area contributed by atoms with Crippen LogP contribution >= 0.6 is 0 Å². The monoisotopic (exact) mass is 376 g/mol. The molecule has 0 aliphatic carbocycles. The van der Waals surface area contributed by atoms with Gasteiger partial charge in [0, 0.05) is 24.1 Å². The second kappa shape index (κ2) is 8.98. The largest absolute Gasteiger partial charge is 0.379 e. The van der Waals surface area contributed by atoms with E-state index in [1.165, 1.54) is 11.1 Å². The molecule has 4 nitrogen and oxygen atoms in total. The van der Waals surface area contributed by atoms with Crippen LogP contribution in [0, 0.1) is 13.8 Å². The van der Waals surface area contributed by atoms with Crippen molar-refractivity contribution in [3.63, 3.8) is 0 Å². The highest BCUT2D eigenvalue weighted by atomic mass is 16.5. The predicted molar refractivity (Wildman–Crippen MR) is 115 cm³/mol. The summed E-state index contributed by atoms with van der Waals surface area (Å²) in [5.74, 6) is -0.0757. The fraction of sp³-hybridized carbons (Fsp3) is 0.333. The Morgan fingerprint density at radius 2 is 1.86 bits per heavy atom. The van der Waals surface area contributed by atoms with Gasteiger partial charge >= 0.3 is 0 Å². The maximum atomic E-state index is 12.9. The molecule has 1 N–H and O–H groups in total. The number of fused-ring (bicyclic) bond motifs is 1. The number of nitrogens with one attached hydrogen (secondary N) is 1. The quantitative estimate of drug-likeness (QED) is 0.586. The van der Waals surface area contributed by atoms with Crippen LogP contribution in [-0.2, 0) is 4.74 Å². The van der Waals surface area contributed by atoms with Crippen LogP contribution in [0.3, 0.4) is 0 Å². The van der Waals surface area contributed by atoms with Gasteiger partial charge in [-0.3, -0.25) is 4.79 Å². The lowest BCUT2D eigenvalue weighted by molar-refractivity contribution is 0.0757. The van der Waals surface area contributed by atoms with Crippen molar-refractivity contribution in [2.24, 2.45) is 0 Å². The Bertz CT molecular complexity index is 980. The average molecular weight is 377 g/mol. The van der Waals surface area contributed by atoms with Crippen LogP contribution in [0.5, 0.6) is 0 Å². The number of carbonyl (C=O) groups excluding carboxylic acids is 1. The molecule has 1 amide bonds. The SMILES string of the molecule is Cc1ccc(-c2cc(C(=O)NCCCOC(C)C)c3ccccc3n2)cc1C. The molecule has 28 heavy (non-hydrogen) atoms. The first-order chi connectivity index (χ1) is 13.5. The standard InChI is InChI=1S/C24H28N2O2/c1-16(2)28-13-7-12-25-24(27)21-15-23(19-11-10-17(3)18(4)14-19)26-22-9-6-5-8-20(21)22/h5-6,8-11,14-16H,7,12-13H2,1-4H3,(H,25,27). The van der Waals surface area contributed by atoms with Crippen LogP contribution < -0.4 is 5.32 Å². The number of hydrogen-bond donors (Lipinski definition) is 1. The van der Waals surface area contributed by atoms with Gasteiger partial charge in [0.2, 0.25) is 0 Å². The number of nitrogens with zero attached hydrogens (tertiary/aromatic N) is 1. The van der Waals surface area contributed by atoms with Gasteiger partial charge in [0.25, 0.3) is 5.91 Å². The van der Waals surface area contributed by atoms with Gasteiger partial charge < -0.3 is 10.1 Å². The summed E-state index contributed by atoms with van der Waals surface area (Å²) in [7, 11) is 0. The molecule has 0 fully saturated rings. The summed E-state index contributed by atoms with van der Waals surface area (Å²) in [4.78, 5) is 17.7. The number of benzene rings is 2. The third kappa shape index (κ3) is 4.76. The maximum Gasteiger partial charge on any atom is 0.252 e. The Morgan fingerprint density at radius 3 is 2.61 bits per heavy atom. The highest BCUT2D eigenvalue weighted by Crippen LogP contribution is 2.26. The summed E-state index contributed by atoms with van der Waals surface area (Å²) < 4.78 is 5.54. The fourth-order valence-corrected chi connectivity index (χ4v) is 3.10. The minimum Gasteiger partial charge on any atom is -0.379 e. The molecule has 0 aliphatic rings. The smallest absolute Gasteiger partial charge is 0.252 e. The molecular formula is C24H28N2O2. The normalized spacial score (nSPS) is 11.2. The molecule has 0 spiro atoms. The van der Waals surface area contributed by atoms with Crippen molar-refractivity contribution < 1.29 is 9.53 Å². The van der Waals surface area contributed by atoms with E-state index in [1.807, 2.05) is 44.2 Å². The molecule has 2 aromatic carbocycles. The Kier molecular flexibility index (Phi) is 6.42. The minimum atomic E-state index is -0.0757. The summed E-state index contributed by atoms with van der Waals surface area (Å²) in [5.41, 5.74) is 5.77. The topological polar surface area (TPSA) is 51.2 Å². The van der Waals surface area contributed by atoms with Crippen LogP contribution in [0.4, 0.5) is 0 Å². The molecule has 1 aromatic heterocycles. The Labute approximate surface area is 166 Å². The third-order valence-electron chi connectivity index (χ3n) is 4.82. The van der Waals surface area contributed by atoms with Gasteiger partial charge in [-0.1, -0.05) is 30.3 Å². The number of ether oxygens (including phenoxy) is 1. The summed E-state index contributed by atoms with van der Waals surface area (Å²) in [6.07, 6.45) is 0.997. The second-order valence-corrected chi connectivity index (χ2v) is 7.40. The van der Waals surface area contributed by atoms with Crippen molar-refractivity contribution in [2.75, 3.05) is 13.2 Å². The van der Waals surface area contributed by atoms with E-state index in [2.05, 4.69) is 37.4 Å². The van der Waals surface area contributed by atoms with Gasteiger partial charge in [0.15, 0.2) is 0 Å². The minimum absolute atomic E-state index is 0.0757. The van der Waals surface area contributed by atoms with E-state index in [-0.39, 0.29) is 12.0 Å². The summed E-state index contributed by atoms with van der Waals surface area (Å²) in [5, 5.41) is 3.88. The van der Waals surface area contributed by atoms with Gasteiger partial charge in [0.1, 0.15) is 0 Å². The lowest BCUT2D eigenvalue weighted by Crippen LogP contribution is -2.26. The zero-order valence-electron chi connectivity index (χ0n) is 17.1. The highest BCUT2D eigenvalue weighted by molar-refractivity contribution is 6.07. The number of pyridine rings is 1. The van der Waals surface area contributed by atoms with Crippen LogP contribution in [0.15, 0.2) is 48.5 Å². The van der Waals surface area contributed by atoms with E-state index in [1.54, 1.807) is 0 Å². The lowest BCUT2D eigenvalue weighted by Gasteiger charge is -2.12. The zero-order chi connectivity index (χ0) is 20.1. The number of aryl methyl sites for hydroxylation is 2. The first kappa shape index (κ1) is 20.0. The molecule has 0 atom stereocenters. The van der Waals surface area contributed by atoms with Crippen molar-refractivity contribution in [3.8, 4) is 11.3 Å². The van der Waals surface area contributed by atoms with E-state index in [9.17, 15) is 4.79 Å². The van der Waals surface area contributed by atoms with Crippen LogP contribution in [0.1, 0.15) is 41.8 Å². The van der Waals surface area contributed by atoms with Crippen molar-refractivity contribution in [1.29, 1.82) is 0 Å². The molecule has 0 unspecified atom stereocenters. The van der Waals surface area contributed by atoms with E-state index in [0.717, 1.165) is 28.6 Å². The lowest BCUT2D eigenvalue weighted by atomic mass is 10.0. The molecule has 3 rings (SSSR count). The van der Waals surface area contributed by atoms with Crippen molar-refractivity contribution >= 4 is 16.8 Å². The number of rotatable bonds is 7. The molecule has 0 bridgehead atoms. The van der Waals surface area contributed by atoms with E-state index >= 15 is 0 Å². The number of hydrogen-bond acceptors (Lipinski definition) is 3. The third-order valence-corrected chi connectivity index (χ3v) is 4.82. The molecule has 3 aromatic rings. The molecule has 0 radical (unpaired) electrons. The predicted octanol–water partition coefficient (Wildman–Crippen LogP) is 5.06. The Hall–Kier alpha value is -2.72. The Balaban J connectivity index is 1.88. The van der Waals surface area contributed by atoms with E-state index in [4.69, 9.17) is 9.72 Å². The molecular weight excluding hydrogens is 348 g/mol. The summed E-state index contributed by atoms with van der Waals surface area (Å²) >= 11 is 0. The zero-order valence-corrected chi connectivity index (χ0v) is 17.1.